The number of carbonyl (C=O) groups is 2. The van der Waals surface area contributed by atoms with E-state index in [4.69, 9.17) is 11.5 Å². The first kappa shape index (κ1) is 23.0. The van der Waals surface area contributed by atoms with Crippen LogP contribution < -0.4 is 11.5 Å². The number of nitrogens with zero attached hydrogens (tertiary/aromatic N) is 1. The van der Waals surface area contributed by atoms with E-state index in [1.165, 1.54) is 0 Å². The molecule has 3 atom stereocenters. The van der Waals surface area contributed by atoms with Crippen molar-refractivity contribution in [1.29, 1.82) is 0 Å². The summed E-state index contributed by atoms with van der Waals surface area (Å²) in [7, 11) is 0. The zero-order valence-electron chi connectivity index (χ0n) is 16.9. The Hall–Kier alpha value is -2.08. The highest BCUT2D eigenvalue weighted by Gasteiger charge is 2.34. The molecule has 0 aromatic heterocycles. The van der Waals surface area contributed by atoms with Gasteiger partial charge >= 0.3 is 0 Å². The predicted molar refractivity (Wildman–Crippen MR) is 108 cm³/mol. The molecule has 0 saturated heterocycles. The van der Waals surface area contributed by atoms with Gasteiger partial charge in [0.05, 0.1) is 6.04 Å². The molecule has 0 fully saturated rings. The minimum atomic E-state index is -0.758. The summed E-state index contributed by atoms with van der Waals surface area (Å²) in [5.74, 6) is -0.589. The molecule has 1 rings (SSSR count). The molecule has 0 unspecified atom stereocenters. The third-order valence-electron chi connectivity index (χ3n) is 5.06. The first-order valence-corrected chi connectivity index (χ1v) is 9.95. The summed E-state index contributed by atoms with van der Waals surface area (Å²) in [4.78, 5) is 26.8. The number of rotatable bonds is 12. The number of phenolic OH excluding ortho intramolecular Hbond substituents is 1. The number of primary amides is 1. The van der Waals surface area contributed by atoms with Crippen LogP contribution in [-0.2, 0) is 16.0 Å². The van der Waals surface area contributed by atoms with Crippen LogP contribution in [0.4, 0.5) is 0 Å². The Balaban J connectivity index is 2.94. The van der Waals surface area contributed by atoms with Gasteiger partial charge in [-0.05, 0) is 36.5 Å². The summed E-state index contributed by atoms with van der Waals surface area (Å²) in [5, 5.41) is 9.39. The summed E-state index contributed by atoms with van der Waals surface area (Å²) in [6.45, 7) is 6.53. The molecule has 1 aromatic carbocycles. The van der Waals surface area contributed by atoms with E-state index >= 15 is 0 Å². The highest BCUT2D eigenvalue weighted by molar-refractivity contribution is 5.89. The molecule has 0 bridgehead atoms. The van der Waals surface area contributed by atoms with E-state index in [1.54, 1.807) is 29.2 Å². The van der Waals surface area contributed by atoms with E-state index in [-0.39, 0.29) is 17.6 Å². The Morgan fingerprint density at radius 2 is 1.74 bits per heavy atom. The van der Waals surface area contributed by atoms with Gasteiger partial charge in [-0.2, -0.15) is 0 Å². The van der Waals surface area contributed by atoms with E-state index in [2.05, 4.69) is 6.92 Å². The lowest BCUT2D eigenvalue weighted by atomic mass is 9.95. The second-order valence-electron chi connectivity index (χ2n) is 7.30. The second-order valence-corrected chi connectivity index (χ2v) is 7.30. The van der Waals surface area contributed by atoms with Crippen molar-refractivity contribution in [1.82, 2.24) is 4.90 Å². The van der Waals surface area contributed by atoms with Crippen molar-refractivity contribution in [2.24, 2.45) is 17.4 Å². The van der Waals surface area contributed by atoms with Crippen molar-refractivity contribution in [3.63, 3.8) is 0 Å². The Morgan fingerprint density at radius 3 is 2.26 bits per heavy atom. The lowest BCUT2D eigenvalue weighted by molar-refractivity contribution is -0.142. The van der Waals surface area contributed by atoms with Crippen molar-refractivity contribution in [2.45, 2.75) is 71.4 Å². The van der Waals surface area contributed by atoms with Crippen molar-refractivity contribution >= 4 is 11.8 Å². The molecule has 6 heteroatoms. The molecule has 2 amide bonds. The number of benzene rings is 1. The van der Waals surface area contributed by atoms with Gasteiger partial charge in [-0.25, -0.2) is 0 Å². The van der Waals surface area contributed by atoms with Crippen LogP contribution in [0.2, 0.25) is 0 Å². The van der Waals surface area contributed by atoms with Crippen molar-refractivity contribution < 1.29 is 14.7 Å². The number of aromatic hydroxyl groups is 1. The van der Waals surface area contributed by atoms with Crippen molar-refractivity contribution in [3.8, 4) is 5.75 Å². The minimum Gasteiger partial charge on any atom is -0.508 e. The summed E-state index contributed by atoms with van der Waals surface area (Å²) >= 11 is 0. The topological polar surface area (TPSA) is 110 Å². The van der Waals surface area contributed by atoms with Gasteiger partial charge in [-0.1, -0.05) is 58.6 Å². The number of phenols is 1. The lowest BCUT2D eigenvalue weighted by Crippen LogP contribution is -2.56. The van der Waals surface area contributed by atoms with Crippen LogP contribution in [0.5, 0.6) is 5.75 Å². The van der Waals surface area contributed by atoms with E-state index in [9.17, 15) is 14.7 Å². The SMILES string of the molecule is CCCCCCN(C(=O)[C@@H](N)Cc1ccc(O)cc1)[C@H](C(N)=O)[C@@H](C)CC. The van der Waals surface area contributed by atoms with Crippen LogP contribution in [0, 0.1) is 5.92 Å². The number of hydrogen-bond acceptors (Lipinski definition) is 4. The van der Waals surface area contributed by atoms with Crippen LogP contribution in [-0.4, -0.2) is 40.4 Å². The van der Waals surface area contributed by atoms with E-state index < -0.39 is 18.0 Å². The molecule has 0 aliphatic rings. The number of amides is 2. The Bertz CT molecular complexity index is 589. The molecular formula is C21H35N3O3. The molecule has 5 N–H and O–H groups in total. The largest absolute Gasteiger partial charge is 0.508 e. The molecule has 0 saturated carbocycles. The van der Waals surface area contributed by atoms with Gasteiger partial charge in [-0.3, -0.25) is 9.59 Å². The fraction of sp³-hybridized carbons (Fsp3) is 0.619. The van der Waals surface area contributed by atoms with Gasteiger partial charge in [0.15, 0.2) is 0 Å². The van der Waals surface area contributed by atoms with E-state index in [0.29, 0.717) is 13.0 Å². The van der Waals surface area contributed by atoms with Crippen LogP contribution in [0.15, 0.2) is 24.3 Å². The molecule has 0 heterocycles. The monoisotopic (exact) mass is 377 g/mol. The number of hydrogen-bond donors (Lipinski definition) is 3. The fourth-order valence-corrected chi connectivity index (χ4v) is 3.25. The van der Waals surface area contributed by atoms with Crippen LogP contribution in [0.25, 0.3) is 0 Å². The van der Waals surface area contributed by atoms with Gasteiger partial charge in [0.25, 0.3) is 0 Å². The molecule has 6 nitrogen and oxygen atoms in total. The minimum absolute atomic E-state index is 0.0292. The standard InChI is InChI=1S/C21H35N3O3/c1-4-6-7-8-13-24(19(20(23)26)15(3)5-2)21(27)18(22)14-16-9-11-17(25)12-10-16/h9-12,15,18-19,25H,4-8,13-14,22H2,1-3H3,(H2,23,26)/t15-,18-,19-/m0/s1. The first-order chi connectivity index (χ1) is 12.8. The summed E-state index contributed by atoms with van der Waals surface area (Å²) in [6, 6.07) is 5.23. The second kappa shape index (κ2) is 11.6. The van der Waals surface area contributed by atoms with Gasteiger partial charge < -0.3 is 21.5 Å². The average Bonchev–Trinajstić information content (AvgIpc) is 2.64. The molecule has 0 aliphatic heterocycles. The van der Waals surface area contributed by atoms with Crippen molar-refractivity contribution in [3.05, 3.63) is 29.8 Å². The quantitative estimate of drug-likeness (QED) is 0.486. The molecular weight excluding hydrogens is 342 g/mol. The van der Waals surface area contributed by atoms with Gasteiger partial charge in [-0.15, -0.1) is 0 Å². The normalized spacial score (nSPS) is 14.4. The Labute approximate surface area is 162 Å². The molecule has 0 aliphatic carbocycles. The molecule has 152 valence electrons. The smallest absolute Gasteiger partial charge is 0.240 e. The first-order valence-electron chi connectivity index (χ1n) is 9.95. The third kappa shape index (κ3) is 7.21. The predicted octanol–water partition coefficient (Wildman–Crippen LogP) is 2.57. The maximum Gasteiger partial charge on any atom is 0.240 e. The van der Waals surface area contributed by atoms with Crippen LogP contribution in [0.1, 0.15) is 58.4 Å². The van der Waals surface area contributed by atoms with E-state index in [0.717, 1.165) is 37.7 Å². The van der Waals surface area contributed by atoms with Crippen molar-refractivity contribution in [2.75, 3.05) is 6.54 Å². The summed E-state index contributed by atoms with van der Waals surface area (Å²) in [6.07, 6.45) is 5.10. The highest BCUT2D eigenvalue weighted by atomic mass is 16.3. The molecule has 27 heavy (non-hydrogen) atoms. The molecule has 0 radical (unpaired) electrons. The summed E-state index contributed by atoms with van der Waals surface area (Å²) < 4.78 is 0. The average molecular weight is 378 g/mol. The highest BCUT2D eigenvalue weighted by Crippen LogP contribution is 2.18. The van der Waals surface area contributed by atoms with Gasteiger partial charge in [0.2, 0.25) is 11.8 Å². The van der Waals surface area contributed by atoms with Gasteiger partial charge in [0.1, 0.15) is 11.8 Å². The molecule has 0 spiro atoms. The van der Waals surface area contributed by atoms with Crippen LogP contribution in [0.3, 0.4) is 0 Å². The summed E-state index contributed by atoms with van der Waals surface area (Å²) in [5.41, 5.74) is 12.7. The number of carbonyl (C=O) groups excluding carboxylic acids is 2. The van der Waals surface area contributed by atoms with Gasteiger partial charge in [0, 0.05) is 6.54 Å². The van der Waals surface area contributed by atoms with Crippen LogP contribution >= 0.6 is 0 Å². The third-order valence-corrected chi connectivity index (χ3v) is 5.06. The zero-order valence-corrected chi connectivity index (χ0v) is 16.9. The zero-order chi connectivity index (χ0) is 20.4. The Morgan fingerprint density at radius 1 is 1.11 bits per heavy atom. The number of nitrogens with two attached hydrogens (primary N) is 2. The molecule has 1 aromatic rings. The maximum atomic E-state index is 13.1. The number of unbranched alkanes of at least 4 members (excludes halogenated alkanes) is 3. The Kier molecular flexibility index (Phi) is 9.86. The maximum absolute atomic E-state index is 13.1. The lowest BCUT2D eigenvalue weighted by Gasteiger charge is -2.35. The fourth-order valence-electron chi connectivity index (χ4n) is 3.25. The van der Waals surface area contributed by atoms with E-state index in [1.807, 2.05) is 13.8 Å².